The molecule has 0 unspecified atom stereocenters. The van der Waals surface area contributed by atoms with Gasteiger partial charge >= 0.3 is 0 Å². The van der Waals surface area contributed by atoms with E-state index in [1.165, 1.54) is 32.1 Å². The van der Waals surface area contributed by atoms with Gasteiger partial charge < -0.3 is 14.8 Å². The molecule has 7 heteroatoms. The van der Waals surface area contributed by atoms with Crippen molar-refractivity contribution >= 4 is 44.9 Å². The third kappa shape index (κ3) is 8.63. The average Bonchev–Trinajstić information content (AvgIpc) is 2.80. The SMILES string of the molecule is CC(C)COc1ccc(C(=O)NC(=S)Nc2ccc(OCCC3CCCCC3)cc2)cc1Br. The van der Waals surface area contributed by atoms with Crippen LogP contribution in [0.4, 0.5) is 5.69 Å². The number of hydrogen-bond acceptors (Lipinski definition) is 4. The molecule has 0 spiro atoms. The van der Waals surface area contributed by atoms with Crippen LogP contribution in [0.3, 0.4) is 0 Å². The van der Waals surface area contributed by atoms with Crippen LogP contribution in [0.25, 0.3) is 0 Å². The summed E-state index contributed by atoms with van der Waals surface area (Å²) in [7, 11) is 0. The summed E-state index contributed by atoms with van der Waals surface area (Å²) in [5.41, 5.74) is 1.28. The molecule has 0 bridgehead atoms. The maximum atomic E-state index is 12.6. The number of benzene rings is 2. The first-order chi connectivity index (χ1) is 15.9. The van der Waals surface area contributed by atoms with Gasteiger partial charge in [0.1, 0.15) is 11.5 Å². The zero-order valence-electron chi connectivity index (χ0n) is 19.4. The lowest BCUT2D eigenvalue weighted by Crippen LogP contribution is -2.34. The predicted molar refractivity (Wildman–Crippen MR) is 141 cm³/mol. The molecular weight excluding hydrogens is 500 g/mol. The van der Waals surface area contributed by atoms with Gasteiger partial charge in [0.2, 0.25) is 0 Å². The number of halogens is 1. The van der Waals surface area contributed by atoms with E-state index in [2.05, 4.69) is 40.4 Å². The Morgan fingerprint density at radius 1 is 1.09 bits per heavy atom. The van der Waals surface area contributed by atoms with Gasteiger partial charge in [0.15, 0.2) is 5.11 Å². The topological polar surface area (TPSA) is 59.6 Å². The number of hydrogen-bond donors (Lipinski definition) is 2. The fourth-order valence-electron chi connectivity index (χ4n) is 3.81. The number of carbonyl (C=O) groups excluding carboxylic acids is 1. The van der Waals surface area contributed by atoms with Crippen molar-refractivity contribution < 1.29 is 14.3 Å². The van der Waals surface area contributed by atoms with Crippen molar-refractivity contribution in [2.24, 2.45) is 11.8 Å². The zero-order chi connectivity index (χ0) is 23.6. The summed E-state index contributed by atoms with van der Waals surface area (Å²) >= 11 is 8.77. The normalized spacial score (nSPS) is 14.1. The molecule has 1 amide bonds. The first-order valence-electron chi connectivity index (χ1n) is 11.7. The fraction of sp³-hybridized carbons (Fsp3) is 0.462. The second kappa shape index (κ2) is 12.9. The minimum Gasteiger partial charge on any atom is -0.494 e. The summed E-state index contributed by atoms with van der Waals surface area (Å²) in [6.07, 6.45) is 7.89. The molecule has 1 aliphatic carbocycles. The van der Waals surface area contributed by atoms with E-state index in [1.54, 1.807) is 18.2 Å². The molecule has 0 saturated heterocycles. The number of rotatable bonds is 9. The van der Waals surface area contributed by atoms with Gasteiger partial charge in [-0.15, -0.1) is 0 Å². The summed E-state index contributed by atoms with van der Waals surface area (Å²) in [5.74, 6) is 2.50. The largest absolute Gasteiger partial charge is 0.494 e. The first kappa shape index (κ1) is 25.5. The van der Waals surface area contributed by atoms with E-state index in [-0.39, 0.29) is 11.0 Å². The molecule has 0 heterocycles. The van der Waals surface area contributed by atoms with Crippen molar-refractivity contribution in [1.29, 1.82) is 0 Å². The van der Waals surface area contributed by atoms with Gasteiger partial charge in [-0.1, -0.05) is 46.0 Å². The molecule has 0 radical (unpaired) electrons. The molecule has 178 valence electrons. The maximum absolute atomic E-state index is 12.6. The number of nitrogens with one attached hydrogen (secondary N) is 2. The lowest BCUT2D eigenvalue weighted by Gasteiger charge is -2.21. The van der Waals surface area contributed by atoms with E-state index in [4.69, 9.17) is 21.7 Å². The minimum absolute atomic E-state index is 0.238. The van der Waals surface area contributed by atoms with E-state index < -0.39 is 0 Å². The molecule has 2 aromatic carbocycles. The van der Waals surface area contributed by atoms with Crippen molar-refractivity contribution in [3.05, 3.63) is 52.5 Å². The van der Waals surface area contributed by atoms with Gasteiger partial charge in [0, 0.05) is 11.3 Å². The standard InChI is InChI=1S/C26H33BrN2O3S/c1-18(2)17-32-24-13-8-20(16-23(24)27)25(30)29-26(33)28-21-9-11-22(12-10-21)31-15-14-19-6-4-3-5-7-19/h8-13,16,18-19H,3-7,14-15,17H2,1-2H3,(H2,28,29,30,33). The minimum atomic E-state index is -0.286. The van der Waals surface area contributed by atoms with Gasteiger partial charge in [0.05, 0.1) is 17.7 Å². The molecule has 33 heavy (non-hydrogen) atoms. The number of thiocarbonyl (C=S) groups is 1. The molecule has 2 N–H and O–H groups in total. The average molecular weight is 534 g/mol. The highest BCUT2D eigenvalue weighted by Gasteiger charge is 2.14. The molecule has 3 rings (SSSR count). The van der Waals surface area contributed by atoms with Crippen molar-refractivity contribution in [3.63, 3.8) is 0 Å². The first-order valence-corrected chi connectivity index (χ1v) is 12.9. The van der Waals surface area contributed by atoms with Crippen molar-refractivity contribution in [1.82, 2.24) is 5.32 Å². The molecular formula is C26H33BrN2O3S. The Balaban J connectivity index is 1.44. The van der Waals surface area contributed by atoms with Crippen LogP contribution < -0.4 is 20.1 Å². The third-order valence-electron chi connectivity index (χ3n) is 5.63. The van der Waals surface area contributed by atoms with Crippen LogP contribution in [0.1, 0.15) is 62.7 Å². The number of anilines is 1. The summed E-state index contributed by atoms with van der Waals surface area (Å²) in [4.78, 5) is 12.6. The second-order valence-electron chi connectivity index (χ2n) is 8.92. The predicted octanol–water partition coefficient (Wildman–Crippen LogP) is 6.96. The summed E-state index contributed by atoms with van der Waals surface area (Å²) < 4.78 is 12.4. The fourth-order valence-corrected chi connectivity index (χ4v) is 4.51. The number of amides is 1. The lowest BCUT2D eigenvalue weighted by atomic mass is 9.87. The van der Waals surface area contributed by atoms with Gasteiger partial charge in [-0.25, -0.2) is 0 Å². The Kier molecular flexibility index (Phi) is 10.0. The quantitative estimate of drug-likeness (QED) is 0.341. The van der Waals surface area contributed by atoms with E-state index in [9.17, 15) is 4.79 Å². The van der Waals surface area contributed by atoms with Crippen molar-refractivity contribution in [3.8, 4) is 11.5 Å². The molecule has 2 aromatic rings. The summed E-state index contributed by atoms with van der Waals surface area (Å²) in [5, 5.41) is 6.00. The molecule has 0 atom stereocenters. The van der Waals surface area contributed by atoms with Gasteiger partial charge in [-0.2, -0.15) is 0 Å². The molecule has 1 fully saturated rings. The Labute approximate surface area is 210 Å². The second-order valence-corrected chi connectivity index (χ2v) is 10.2. The van der Waals surface area contributed by atoms with E-state index >= 15 is 0 Å². The summed E-state index contributed by atoms with van der Waals surface area (Å²) in [6.45, 7) is 5.54. The van der Waals surface area contributed by atoms with Gasteiger partial charge in [-0.05, 0) is 88.9 Å². The molecule has 0 aliphatic heterocycles. The van der Waals surface area contributed by atoms with Crippen LogP contribution >= 0.6 is 28.1 Å². The van der Waals surface area contributed by atoms with Crippen molar-refractivity contribution in [2.75, 3.05) is 18.5 Å². The Bertz CT molecular complexity index is 928. The van der Waals surface area contributed by atoms with Crippen LogP contribution in [0, 0.1) is 11.8 Å². The van der Waals surface area contributed by atoms with E-state index in [0.717, 1.165) is 34.9 Å². The van der Waals surface area contributed by atoms with Crippen LogP contribution in [0.15, 0.2) is 46.9 Å². The Morgan fingerprint density at radius 2 is 1.82 bits per heavy atom. The van der Waals surface area contributed by atoms with E-state index in [1.807, 2.05) is 24.3 Å². The van der Waals surface area contributed by atoms with Crippen LogP contribution in [0.5, 0.6) is 11.5 Å². The molecule has 1 aliphatic rings. The molecule has 5 nitrogen and oxygen atoms in total. The van der Waals surface area contributed by atoms with Gasteiger partial charge in [0.25, 0.3) is 5.91 Å². The molecule has 0 aromatic heterocycles. The monoisotopic (exact) mass is 532 g/mol. The van der Waals surface area contributed by atoms with E-state index in [0.29, 0.717) is 23.8 Å². The van der Waals surface area contributed by atoms with Gasteiger partial charge in [-0.3, -0.25) is 10.1 Å². The smallest absolute Gasteiger partial charge is 0.257 e. The lowest BCUT2D eigenvalue weighted by molar-refractivity contribution is 0.0977. The highest BCUT2D eigenvalue weighted by atomic mass is 79.9. The van der Waals surface area contributed by atoms with Crippen LogP contribution in [-0.4, -0.2) is 24.2 Å². The molecule has 1 saturated carbocycles. The highest BCUT2D eigenvalue weighted by molar-refractivity contribution is 9.10. The maximum Gasteiger partial charge on any atom is 0.257 e. The summed E-state index contributed by atoms with van der Waals surface area (Å²) in [6, 6.07) is 12.9. The zero-order valence-corrected chi connectivity index (χ0v) is 21.8. The Morgan fingerprint density at radius 3 is 2.48 bits per heavy atom. The highest BCUT2D eigenvalue weighted by Crippen LogP contribution is 2.27. The number of ether oxygens (including phenoxy) is 2. The number of carbonyl (C=O) groups is 1. The Hall–Kier alpha value is -2.12. The van der Waals surface area contributed by atoms with Crippen LogP contribution in [-0.2, 0) is 0 Å². The third-order valence-corrected chi connectivity index (χ3v) is 6.45. The van der Waals surface area contributed by atoms with Crippen LogP contribution in [0.2, 0.25) is 0 Å². The van der Waals surface area contributed by atoms with Crippen molar-refractivity contribution in [2.45, 2.75) is 52.4 Å².